The zero-order valence-corrected chi connectivity index (χ0v) is 16.6. The van der Waals surface area contributed by atoms with E-state index in [0.29, 0.717) is 11.5 Å². The molecule has 0 spiro atoms. The second kappa shape index (κ2) is 6.61. The summed E-state index contributed by atoms with van der Waals surface area (Å²) in [5, 5.41) is 12.8. The molecule has 2 heterocycles. The van der Waals surface area contributed by atoms with Crippen LogP contribution in [0, 0.1) is 11.3 Å². The molecule has 0 bridgehead atoms. The summed E-state index contributed by atoms with van der Waals surface area (Å²) in [5.41, 5.74) is 4.15. The number of carboxylic acids is 1. The minimum absolute atomic E-state index is 0.0909. The molecule has 0 aliphatic heterocycles. The molecule has 1 N–H and O–H groups in total. The van der Waals surface area contributed by atoms with Crippen molar-refractivity contribution in [3.63, 3.8) is 0 Å². The Morgan fingerprint density at radius 2 is 1.96 bits per heavy atom. The minimum atomic E-state index is -0.866. The van der Waals surface area contributed by atoms with Crippen LogP contribution in [0.2, 0.25) is 0 Å². The molecule has 0 fully saturated rings. The van der Waals surface area contributed by atoms with Gasteiger partial charge in [0.25, 0.3) is 0 Å². The molecule has 1 aliphatic carbocycles. The highest BCUT2D eigenvalue weighted by atomic mass is 32.1. The molecule has 3 nitrogen and oxygen atoms in total. The van der Waals surface area contributed by atoms with Crippen molar-refractivity contribution in [1.29, 1.82) is 0 Å². The third-order valence-corrected chi connectivity index (χ3v) is 6.33. The summed E-state index contributed by atoms with van der Waals surface area (Å²) in [7, 11) is 0. The molecule has 138 valence electrons. The summed E-state index contributed by atoms with van der Waals surface area (Å²) in [5.74, 6) is -0.493. The fourth-order valence-electron chi connectivity index (χ4n) is 3.93. The SMILES string of the molecule is CC(C)(C)C1C/C(=C/c2cccs2)c2nc3ccccc3c(C(=O)O)c2C1. The number of benzene rings is 1. The molecule has 0 radical (unpaired) electrons. The molecule has 3 aromatic rings. The van der Waals surface area contributed by atoms with Crippen molar-refractivity contribution in [3.05, 3.63) is 63.5 Å². The van der Waals surface area contributed by atoms with Crippen LogP contribution in [0.3, 0.4) is 0 Å². The highest BCUT2D eigenvalue weighted by molar-refractivity contribution is 7.10. The number of carbonyl (C=O) groups is 1. The van der Waals surface area contributed by atoms with Crippen LogP contribution in [0.25, 0.3) is 22.6 Å². The van der Waals surface area contributed by atoms with E-state index < -0.39 is 5.97 Å². The Kier molecular flexibility index (Phi) is 4.39. The first kappa shape index (κ1) is 17.9. The molecule has 0 saturated heterocycles. The third kappa shape index (κ3) is 3.30. The molecule has 2 aromatic heterocycles. The van der Waals surface area contributed by atoms with Crippen LogP contribution < -0.4 is 0 Å². The van der Waals surface area contributed by atoms with E-state index in [2.05, 4.69) is 38.3 Å². The fourth-order valence-corrected chi connectivity index (χ4v) is 4.61. The van der Waals surface area contributed by atoms with E-state index in [-0.39, 0.29) is 5.41 Å². The minimum Gasteiger partial charge on any atom is -0.478 e. The molecular weight excluding hydrogens is 354 g/mol. The Bertz CT molecular complexity index is 1040. The zero-order valence-electron chi connectivity index (χ0n) is 15.8. The first-order chi connectivity index (χ1) is 12.8. The van der Waals surface area contributed by atoms with E-state index in [1.54, 1.807) is 11.3 Å². The number of allylic oxidation sites excluding steroid dienone is 1. The maximum atomic E-state index is 12.2. The standard InChI is InChI=1S/C23H23NO2S/c1-23(2,3)15-11-14(12-16-7-6-10-27-16)21-18(13-15)20(22(25)26)17-8-4-5-9-19(17)24-21/h4-10,12,15H,11,13H2,1-3H3,(H,25,26)/b14-12-. The van der Waals surface area contributed by atoms with Gasteiger partial charge in [-0.2, -0.15) is 0 Å². The van der Waals surface area contributed by atoms with Gasteiger partial charge in [-0.05, 0) is 58.9 Å². The number of aromatic carboxylic acids is 1. The summed E-state index contributed by atoms with van der Waals surface area (Å²) in [6, 6.07) is 11.7. The maximum Gasteiger partial charge on any atom is 0.336 e. The van der Waals surface area contributed by atoms with Crippen LogP contribution in [-0.4, -0.2) is 16.1 Å². The van der Waals surface area contributed by atoms with E-state index in [4.69, 9.17) is 4.98 Å². The number of thiophene rings is 1. The second-order valence-electron chi connectivity index (χ2n) is 8.29. The summed E-state index contributed by atoms with van der Waals surface area (Å²) >= 11 is 1.69. The Balaban J connectivity index is 2.01. The molecule has 4 rings (SSSR count). The van der Waals surface area contributed by atoms with E-state index in [9.17, 15) is 9.90 Å². The molecular formula is C23H23NO2S. The Labute approximate surface area is 163 Å². The first-order valence-electron chi connectivity index (χ1n) is 9.24. The van der Waals surface area contributed by atoms with Crippen LogP contribution in [0.15, 0.2) is 41.8 Å². The summed E-state index contributed by atoms with van der Waals surface area (Å²) < 4.78 is 0. The van der Waals surface area contributed by atoms with Crippen molar-refractivity contribution in [2.24, 2.45) is 11.3 Å². The van der Waals surface area contributed by atoms with Gasteiger partial charge < -0.3 is 5.11 Å². The molecule has 1 aliphatic rings. The van der Waals surface area contributed by atoms with Crippen molar-refractivity contribution in [2.75, 3.05) is 0 Å². The highest BCUT2D eigenvalue weighted by Crippen LogP contribution is 2.44. The normalized spacial score (nSPS) is 18.6. The summed E-state index contributed by atoms with van der Waals surface area (Å²) in [6.07, 6.45) is 3.85. The van der Waals surface area contributed by atoms with Crippen molar-refractivity contribution in [3.8, 4) is 0 Å². The molecule has 1 unspecified atom stereocenters. The van der Waals surface area contributed by atoms with Crippen molar-refractivity contribution >= 4 is 39.9 Å². The average molecular weight is 378 g/mol. The Hall–Kier alpha value is -2.46. The second-order valence-corrected chi connectivity index (χ2v) is 9.27. The van der Waals surface area contributed by atoms with Gasteiger partial charge in [0.05, 0.1) is 16.8 Å². The summed E-state index contributed by atoms with van der Waals surface area (Å²) in [6.45, 7) is 6.71. The van der Waals surface area contributed by atoms with Crippen LogP contribution in [0.5, 0.6) is 0 Å². The lowest BCUT2D eigenvalue weighted by molar-refractivity contribution is 0.0696. The Morgan fingerprint density at radius 1 is 1.19 bits per heavy atom. The number of fused-ring (bicyclic) bond motifs is 2. The van der Waals surface area contributed by atoms with Crippen molar-refractivity contribution < 1.29 is 9.90 Å². The van der Waals surface area contributed by atoms with Gasteiger partial charge in [0.15, 0.2) is 0 Å². The van der Waals surface area contributed by atoms with Crippen LogP contribution >= 0.6 is 11.3 Å². The number of aromatic nitrogens is 1. The topological polar surface area (TPSA) is 50.2 Å². The Morgan fingerprint density at radius 3 is 2.63 bits per heavy atom. The lowest BCUT2D eigenvalue weighted by Gasteiger charge is -2.36. The van der Waals surface area contributed by atoms with Gasteiger partial charge >= 0.3 is 5.97 Å². The van der Waals surface area contributed by atoms with Gasteiger partial charge in [-0.1, -0.05) is 45.0 Å². The lowest BCUT2D eigenvalue weighted by Crippen LogP contribution is -2.28. The summed E-state index contributed by atoms with van der Waals surface area (Å²) in [4.78, 5) is 18.3. The number of carboxylic acid groups (broad SMARTS) is 1. The average Bonchev–Trinajstić information content (AvgIpc) is 3.11. The predicted octanol–water partition coefficient (Wildman–Crippen LogP) is 6.14. The van der Waals surface area contributed by atoms with Crippen LogP contribution in [0.4, 0.5) is 0 Å². The molecule has 1 aromatic carbocycles. The molecule has 0 amide bonds. The van der Waals surface area contributed by atoms with Gasteiger partial charge in [-0.3, -0.25) is 0 Å². The van der Waals surface area contributed by atoms with Gasteiger partial charge in [-0.15, -0.1) is 11.3 Å². The van der Waals surface area contributed by atoms with E-state index in [1.165, 1.54) is 4.88 Å². The van der Waals surface area contributed by atoms with Crippen molar-refractivity contribution in [1.82, 2.24) is 4.98 Å². The number of para-hydroxylation sites is 1. The monoisotopic (exact) mass is 377 g/mol. The number of hydrogen-bond donors (Lipinski definition) is 1. The smallest absolute Gasteiger partial charge is 0.336 e. The predicted molar refractivity (Wildman–Crippen MR) is 112 cm³/mol. The van der Waals surface area contributed by atoms with Gasteiger partial charge in [-0.25, -0.2) is 9.78 Å². The van der Waals surface area contributed by atoms with Gasteiger partial charge in [0.1, 0.15) is 0 Å². The molecule has 0 saturated carbocycles. The molecule has 4 heteroatoms. The van der Waals surface area contributed by atoms with Gasteiger partial charge in [0.2, 0.25) is 0 Å². The van der Waals surface area contributed by atoms with E-state index >= 15 is 0 Å². The van der Waals surface area contributed by atoms with E-state index in [1.807, 2.05) is 30.3 Å². The highest BCUT2D eigenvalue weighted by Gasteiger charge is 2.35. The zero-order chi connectivity index (χ0) is 19.2. The maximum absolute atomic E-state index is 12.2. The number of rotatable bonds is 2. The molecule has 27 heavy (non-hydrogen) atoms. The third-order valence-electron chi connectivity index (χ3n) is 5.51. The van der Waals surface area contributed by atoms with Crippen LogP contribution in [0.1, 0.15) is 53.7 Å². The largest absolute Gasteiger partial charge is 0.478 e. The first-order valence-corrected chi connectivity index (χ1v) is 10.1. The van der Waals surface area contributed by atoms with Crippen molar-refractivity contribution in [2.45, 2.75) is 33.6 Å². The van der Waals surface area contributed by atoms with E-state index in [0.717, 1.165) is 40.6 Å². The number of hydrogen-bond acceptors (Lipinski definition) is 3. The number of pyridine rings is 1. The van der Waals surface area contributed by atoms with Crippen LogP contribution in [-0.2, 0) is 6.42 Å². The van der Waals surface area contributed by atoms with Gasteiger partial charge in [0, 0.05) is 10.3 Å². The number of nitrogens with zero attached hydrogens (tertiary/aromatic N) is 1. The molecule has 1 atom stereocenters. The fraction of sp³-hybridized carbons (Fsp3) is 0.304. The lowest BCUT2D eigenvalue weighted by atomic mass is 9.69. The quantitative estimate of drug-likeness (QED) is 0.583.